The Bertz CT molecular complexity index is 1300. The lowest BCUT2D eigenvalue weighted by Crippen LogP contribution is -2.53. The first-order valence-electron chi connectivity index (χ1n) is 11.1. The molecule has 3 N–H and O–H groups in total. The first-order chi connectivity index (χ1) is 16.5. The Morgan fingerprint density at radius 1 is 1.17 bits per heavy atom. The van der Waals surface area contributed by atoms with Crippen LogP contribution in [0.5, 0.6) is 0 Å². The SMILES string of the molecule is Cc1nc(N)nc(-c2cc(C(C)N3CCN(S(C)(=O)=O)CC3C)cnc2Nc2ccc(Cl)nc2)n1. The van der Waals surface area contributed by atoms with Crippen LogP contribution in [0, 0.1) is 6.92 Å². The number of aromatic nitrogens is 5. The molecule has 1 aliphatic rings. The molecule has 2 unspecified atom stereocenters. The van der Waals surface area contributed by atoms with Crippen molar-refractivity contribution in [1.29, 1.82) is 0 Å². The summed E-state index contributed by atoms with van der Waals surface area (Å²) in [7, 11) is -3.22. The van der Waals surface area contributed by atoms with Gasteiger partial charge in [-0.05, 0) is 44.5 Å². The van der Waals surface area contributed by atoms with Gasteiger partial charge < -0.3 is 11.1 Å². The third-order valence-electron chi connectivity index (χ3n) is 5.99. The Kier molecular flexibility index (Phi) is 7.17. The molecule has 0 amide bonds. The van der Waals surface area contributed by atoms with E-state index >= 15 is 0 Å². The number of pyridine rings is 2. The molecular weight excluding hydrogens is 490 g/mol. The van der Waals surface area contributed by atoms with Crippen LogP contribution < -0.4 is 11.1 Å². The summed E-state index contributed by atoms with van der Waals surface area (Å²) < 4.78 is 25.5. The number of rotatable bonds is 6. The minimum atomic E-state index is -3.22. The zero-order valence-corrected chi connectivity index (χ0v) is 21.5. The summed E-state index contributed by atoms with van der Waals surface area (Å²) in [6.07, 6.45) is 4.66. The average molecular weight is 518 g/mol. The first-order valence-corrected chi connectivity index (χ1v) is 13.3. The van der Waals surface area contributed by atoms with Crippen LogP contribution in [0.3, 0.4) is 0 Å². The van der Waals surface area contributed by atoms with Gasteiger partial charge in [0.25, 0.3) is 0 Å². The molecule has 3 aromatic rings. The van der Waals surface area contributed by atoms with Gasteiger partial charge >= 0.3 is 0 Å². The zero-order valence-electron chi connectivity index (χ0n) is 20.0. The molecule has 4 heterocycles. The minimum Gasteiger partial charge on any atom is -0.368 e. The highest BCUT2D eigenvalue weighted by molar-refractivity contribution is 7.88. The molecular formula is C22H28ClN9O2S. The first kappa shape index (κ1) is 25.2. The fourth-order valence-corrected chi connectivity index (χ4v) is 5.21. The van der Waals surface area contributed by atoms with Crippen molar-refractivity contribution >= 4 is 39.1 Å². The van der Waals surface area contributed by atoms with Gasteiger partial charge in [0.1, 0.15) is 16.8 Å². The quantitative estimate of drug-likeness (QED) is 0.468. The highest BCUT2D eigenvalue weighted by Gasteiger charge is 2.32. The van der Waals surface area contributed by atoms with Gasteiger partial charge in [0, 0.05) is 37.9 Å². The molecule has 0 spiro atoms. The lowest BCUT2D eigenvalue weighted by molar-refractivity contribution is 0.0906. The number of sulfonamides is 1. The van der Waals surface area contributed by atoms with Crippen LogP contribution >= 0.6 is 11.6 Å². The Balaban J connectivity index is 1.69. The van der Waals surface area contributed by atoms with E-state index in [1.165, 1.54) is 10.6 Å². The number of aryl methyl sites for hydroxylation is 1. The monoisotopic (exact) mass is 517 g/mol. The Morgan fingerprint density at radius 2 is 1.94 bits per heavy atom. The van der Waals surface area contributed by atoms with Crippen LogP contribution in [-0.4, -0.2) is 74.5 Å². The number of halogens is 1. The van der Waals surface area contributed by atoms with E-state index in [9.17, 15) is 8.42 Å². The fraction of sp³-hybridized carbons (Fsp3) is 0.409. The lowest BCUT2D eigenvalue weighted by atomic mass is 10.0. The zero-order chi connectivity index (χ0) is 25.3. The fourth-order valence-electron chi connectivity index (χ4n) is 4.20. The number of nitrogen functional groups attached to an aromatic ring is 1. The largest absolute Gasteiger partial charge is 0.368 e. The molecule has 1 fully saturated rings. The minimum absolute atomic E-state index is 0.0236. The van der Waals surface area contributed by atoms with E-state index in [0.29, 0.717) is 53.5 Å². The summed E-state index contributed by atoms with van der Waals surface area (Å²) in [5.41, 5.74) is 8.21. The second-order valence-corrected chi connectivity index (χ2v) is 11.0. The summed E-state index contributed by atoms with van der Waals surface area (Å²) in [5, 5.41) is 3.64. The molecule has 11 nitrogen and oxygen atoms in total. The Hall–Kier alpha value is -2.93. The standard InChI is InChI=1S/C22H28ClN9O2S/c1-13-12-31(35(4,33)34)7-8-32(13)14(2)16-9-18(21-27-15(3)28-22(24)30-21)20(26-10-16)29-17-5-6-19(23)25-11-17/h5-6,9-11,13-14H,7-8,12H2,1-4H3,(H,26,29)(H2,24,27,28,30). The maximum absolute atomic E-state index is 12.0. The maximum Gasteiger partial charge on any atom is 0.223 e. The van der Waals surface area contributed by atoms with Gasteiger partial charge in [-0.15, -0.1) is 0 Å². The molecule has 0 aliphatic carbocycles. The van der Waals surface area contributed by atoms with Gasteiger partial charge in [-0.1, -0.05) is 11.6 Å². The van der Waals surface area contributed by atoms with Crippen molar-refractivity contribution in [1.82, 2.24) is 34.1 Å². The normalized spacial score (nSPS) is 18.4. The van der Waals surface area contributed by atoms with E-state index in [2.05, 4.69) is 42.1 Å². The molecule has 4 rings (SSSR count). The predicted octanol–water partition coefficient (Wildman–Crippen LogP) is 2.64. The molecule has 0 saturated carbocycles. The highest BCUT2D eigenvalue weighted by Crippen LogP contribution is 2.32. The van der Waals surface area contributed by atoms with Gasteiger partial charge in [0.15, 0.2) is 5.82 Å². The number of hydrogen-bond donors (Lipinski definition) is 2. The van der Waals surface area contributed by atoms with Crippen LogP contribution in [0.1, 0.15) is 31.3 Å². The second-order valence-electron chi connectivity index (χ2n) is 8.61. The summed E-state index contributed by atoms with van der Waals surface area (Å²) in [4.78, 5) is 24.0. The molecule has 0 aromatic carbocycles. The number of nitrogens with zero attached hydrogens (tertiary/aromatic N) is 7. The Morgan fingerprint density at radius 3 is 2.57 bits per heavy atom. The number of nitrogens with two attached hydrogens (primary N) is 1. The molecule has 0 bridgehead atoms. The van der Waals surface area contributed by atoms with Crippen LogP contribution in [-0.2, 0) is 10.0 Å². The van der Waals surface area contributed by atoms with Crippen LogP contribution in [0.4, 0.5) is 17.5 Å². The lowest BCUT2D eigenvalue weighted by Gasteiger charge is -2.42. The summed E-state index contributed by atoms with van der Waals surface area (Å²) in [6.45, 7) is 7.36. The van der Waals surface area contributed by atoms with Crippen LogP contribution in [0.25, 0.3) is 11.4 Å². The molecule has 35 heavy (non-hydrogen) atoms. The third kappa shape index (κ3) is 5.84. The van der Waals surface area contributed by atoms with Crippen LogP contribution in [0.15, 0.2) is 30.6 Å². The van der Waals surface area contributed by atoms with E-state index in [1.807, 2.05) is 13.0 Å². The van der Waals surface area contributed by atoms with Crippen molar-refractivity contribution in [2.75, 3.05) is 36.9 Å². The molecule has 1 saturated heterocycles. The number of nitrogens with one attached hydrogen (secondary N) is 1. The van der Waals surface area contributed by atoms with Gasteiger partial charge in [-0.3, -0.25) is 4.90 Å². The van der Waals surface area contributed by atoms with Crippen molar-refractivity contribution in [3.63, 3.8) is 0 Å². The molecule has 13 heteroatoms. The number of piperazine rings is 1. The topological polar surface area (TPSA) is 143 Å². The second kappa shape index (κ2) is 9.97. The van der Waals surface area contributed by atoms with Crippen molar-refractivity contribution < 1.29 is 8.42 Å². The third-order valence-corrected chi connectivity index (χ3v) is 7.49. The smallest absolute Gasteiger partial charge is 0.223 e. The van der Waals surface area contributed by atoms with Gasteiger partial charge in [-0.2, -0.15) is 14.3 Å². The molecule has 2 atom stereocenters. The highest BCUT2D eigenvalue weighted by atomic mass is 35.5. The van der Waals surface area contributed by atoms with Gasteiger partial charge in [0.2, 0.25) is 16.0 Å². The van der Waals surface area contributed by atoms with Gasteiger partial charge in [0.05, 0.1) is 23.7 Å². The summed E-state index contributed by atoms with van der Waals surface area (Å²) >= 11 is 5.92. The Labute approximate surface area is 209 Å². The number of hydrogen-bond acceptors (Lipinski definition) is 10. The molecule has 0 radical (unpaired) electrons. The summed E-state index contributed by atoms with van der Waals surface area (Å²) in [6, 6.07) is 5.47. The van der Waals surface area contributed by atoms with E-state index in [0.717, 1.165) is 5.56 Å². The molecule has 186 valence electrons. The summed E-state index contributed by atoms with van der Waals surface area (Å²) in [5.74, 6) is 1.55. The van der Waals surface area contributed by atoms with E-state index in [1.54, 1.807) is 31.5 Å². The number of anilines is 3. The van der Waals surface area contributed by atoms with E-state index in [-0.39, 0.29) is 18.0 Å². The van der Waals surface area contributed by atoms with Crippen molar-refractivity contribution in [2.45, 2.75) is 32.9 Å². The van der Waals surface area contributed by atoms with Gasteiger partial charge in [-0.25, -0.2) is 23.4 Å². The van der Waals surface area contributed by atoms with Crippen molar-refractivity contribution in [3.05, 3.63) is 47.1 Å². The van der Waals surface area contributed by atoms with Crippen LogP contribution in [0.2, 0.25) is 5.15 Å². The van der Waals surface area contributed by atoms with Crippen molar-refractivity contribution in [2.24, 2.45) is 0 Å². The van der Waals surface area contributed by atoms with E-state index in [4.69, 9.17) is 17.3 Å². The van der Waals surface area contributed by atoms with Crippen molar-refractivity contribution in [3.8, 4) is 11.4 Å². The van der Waals surface area contributed by atoms with E-state index < -0.39 is 10.0 Å². The maximum atomic E-state index is 12.0. The molecule has 1 aliphatic heterocycles. The average Bonchev–Trinajstić information content (AvgIpc) is 2.79. The predicted molar refractivity (Wildman–Crippen MR) is 136 cm³/mol. The molecule has 3 aromatic heterocycles.